The standard InChI is InChI=1S/C23H28Cl2N2O3/c24-19-2-6-21(7-3-19)29-15-1-12-27-13-10-18(11-14-27)16-26-23(28)17-30-22-8-4-20(25)5-9-22/h2-9,18H,1,10-17H2,(H,26,28). The van der Waals surface area contributed by atoms with Crippen LogP contribution in [0, 0.1) is 5.92 Å². The molecular formula is C23H28Cl2N2O3. The summed E-state index contributed by atoms with van der Waals surface area (Å²) in [5.74, 6) is 1.93. The molecule has 1 heterocycles. The number of carbonyl (C=O) groups is 1. The molecule has 1 N–H and O–H groups in total. The number of hydrogen-bond donors (Lipinski definition) is 1. The van der Waals surface area contributed by atoms with Gasteiger partial charge in [0, 0.05) is 23.1 Å². The lowest BCUT2D eigenvalue weighted by atomic mass is 9.96. The van der Waals surface area contributed by atoms with Crippen molar-refractivity contribution in [2.24, 2.45) is 5.92 Å². The summed E-state index contributed by atoms with van der Waals surface area (Å²) in [4.78, 5) is 14.5. The molecule has 30 heavy (non-hydrogen) atoms. The topological polar surface area (TPSA) is 50.8 Å². The van der Waals surface area contributed by atoms with E-state index in [1.807, 2.05) is 24.3 Å². The van der Waals surface area contributed by atoms with Crippen LogP contribution in [0.15, 0.2) is 48.5 Å². The second kappa shape index (κ2) is 12.0. The molecule has 7 heteroatoms. The minimum absolute atomic E-state index is 0.0219. The highest BCUT2D eigenvalue weighted by atomic mass is 35.5. The fraction of sp³-hybridized carbons (Fsp3) is 0.435. The van der Waals surface area contributed by atoms with Crippen LogP contribution in [0.3, 0.4) is 0 Å². The van der Waals surface area contributed by atoms with Gasteiger partial charge in [0.25, 0.3) is 5.91 Å². The Kier molecular flexibility index (Phi) is 9.12. The van der Waals surface area contributed by atoms with Crippen molar-refractivity contribution in [3.05, 3.63) is 58.6 Å². The van der Waals surface area contributed by atoms with Gasteiger partial charge in [-0.05, 0) is 86.8 Å². The molecule has 2 aromatic rings. The molecule has 0 aromatic heterocycles. The normalized spacial score (nSPS) is 15.0. The van der Waals surface area contributed by atoms with Crippen LogP contribution >= 0.6 is 23.2 Å². The maximum Gasteiger partial charge on any atom is 0.257 e. The van der Waals surface area contributed by atoms with Crippen LogP contribution in [-0.4, -0.2) is 50.2 Å². The van der Waals surface area contributed by atoms with Crippen molar-refractivity contribution in [1.82, 2.24) is 10.2 Å². The van der Waals surface area contributed by atoms with Gasteiger partial charge in [0.2, 0.25) is 0 Å². The minimum Gasteiger partial charge on any atom is -0.494 e. The van der Waals surface area contributed by atoms with Crippen molar-refractivity contribution >= 4 is 29.1 Å². The number of piperidine rings is 1. The van der Waals surface area contributed by atoms with Gasteiger partial charge in [-0.25, -0.2) is 0 Å². The molecule has 0 radical (unpaired) electrons. The van der Waals surface area contributed by atoms with Crippen molar-refractivity contribution in [2.75, 3.05) is 39.4 Å². The third-order valence-electron chi connectivity index (χ3n) is 5.18. The highest BCUT2D eigenvalue weighted by Gasteiger charge is 2.19. The zero-order valence-electron chi connectivity index (χ0n) is 17.0. The number of hydrogen-bond acceptors (Lipinski definition) is 4. The molecule has 1 aliphatic rings. The van der Waals surface area contributed by atoms with E-state index in [4.69, 9.17) is 32.7 Å². The van der Waals surface area contributed by atoms with E-state index in [-0.39, 0.29) is 12.5 Å². The summed E-state index contributed by atoms with van der Waals surface area (Å²) in [5, 5.41) is 4.35. The summed E-state index contributed by atoms with van der Waals surface area (Å²) < 4.78 is 11.2. The van der Waals surface area contributed by atoms with E-state index in [0.29, 0.717) is 29.8 Å². The maximum absolute atomic E-state index is 12.0. The predicted molar refractivity (Wildman–Crippen MR) is 121 cm³/mol. The summed E-state index contributed by atoms with van der Waals surface area (Å²) >= 11 is 11.7. The summed E-state index contributed by atoms with van der Waals surface area (Å²) in [6.07, 6.45) is 3.18. The number of ether oxygens (including phenoxy) is 2. The van der Waals surface area contributed by atoms with Crippen molar-refractivity contribution in [1.29, 1.82) is 0 Å². The highest BCUT2D eigenvalue weighted by Crippen LogP contribution is 2.18. The third-order valence-corrected chi connectivity index (χ3v) is 5.68. The molecule has 1 aliphatic heterocycles. The molecule has 0 spiro atoms. The number of benzene rings is 2. The summed E-state index contributed by atoms with van der Waals surface area (Å²) in [6, 6.07) is 14.5. The number of nitrogens with one attached hydrogen (secondary N) is 1. The summed E-state index contributed by atoms with van der Waals surface area (Å²) in [7, 11) is 0. The Morgan fingerprint density at radius 3 is 2.10 bits per heavy atom. The second-order valence-electron chi connectivity index (χ2n) is 7.49. The molecule has 0 unspecified atom stereocenters. The van der Waals surface area contributed by atoms with E-state index < -0.39 is 0 Å². The van der Waals surface area contributed by atoms with Gasteiger partial charge in [0.15, 0.2) is 6.61 Å². The molecule has 0 atom stereocenters. The molecule has 2 aromatic carbocycles. The minimum atomic E-state index is -0.0910. The predicted octanol–water partition coefficient (Wildman–Crippen LogP) is 4.67. The lowest BCUT2D eigenvalue weighted by Gasteiger charge is -2.32. The van der Waals surface area contributed by atoms with Gasteiger partial charge in [0.05, 0.1) is 6.61 Å². The zero-order chi connectivity index (χ0) is 21.2. The molecule has 162 valence electrons. The van der Waals surface area contributed by atoms with Gasteiger partial charge >= 0.3 is 0 Å². The first-order chi connectivity index (χ1) is 14.6. The lowest BCUT2D eigenvalue weighted by molar-refractivity contribution is -0.123. The summed E-state index contributed by atoms with van der Waals surface area (Å²) in [6.45, 7) is 4.57. The smallest absolute Gasteiger partial charge is 0.257 e. The van der Waals surface area contributed by atoms with Crippen molar-refractivity contribution in [2.45, 2.75) is 19.3 Å². The van der Waals surface area contributed by atoms with Crippen molar-refractivity contribution < 1.29 is 14.3 Å². The quantitative estimate of drug-likeness (QED) is 0.534. The first kappa shape index (κ1) is 22.7. The van der Waals surface area contributed by atoms with Crippen LogP contribution in [0.25, 0.3) is 0 Å². The molecular weight excluding hydrogens is 423 g/mol. The second-order valence-corrected chi connectivity index (χ2v) is 8.36. The van der Waals surface area contributed by atoms with E-state index >= 15 is 0 Å². The van der Waals surface area contributed by atoms with Crippen LogP contribution < -0.4 is 14.8 Å². The molecule has 1 saturated heterocycles. The Bertz CT molecular complexity index is 776. The first-order valence-electron chi connectivity index (χ1n) is 10.3. The van der Waals surface area contributed by atoms with E-state index in [9.17, 15) is 4.79 Å². The Hall–Kier alpha value is -1.95. The molecule has 0 bridgehead atoms. The monoisotopic (exact) mass is 450 g/mol. The first-order valence-corrected chi connectivity index (χ1v) is 11.1. The van der Waals surface area contributed by atoms with Crippen molar-refractivity contribution in [3.63, 3.8) is 0 Å². The number of carbonyl (C=O) groups excluding carboxylic acids is 1. The highest BCUT2D eigenvalue weighted by molar-refractivity contribution is 6.30. The number of nitrogens with zero attached hydrogens (tertiary/aromatic N) is 1. The van der Waals surface area contributed by atoms with Crippen LogP contribution in [0.1, 0.15) is 19.3 Å². The molecule has 1 fully saturated rings. The third kappa shape index (κ3) is 8.05. The Balaban J connectivity index is 1.23. The van der Waals surface area contributed by atoms with Crippen LogP contribution in [-0.2, 0) is 4.79 Å². The Morgan fingerprint density at radius 1 is 0.933 bits per heavy atom. The number of halogens is 2. The fourth-order valence-corrected chi connectivity index (χ4v) is 3.66. The van der Waals surface area contributed by atoms with Gasteiger partial charge in [-0.2, -0.15) is 0 Å². The van der Waals surface area contributed by atoms with E-state index in [2.05, 4.69) is 10.2 Å². The largest absolute Gasteiger partial charge is 0.494 e. The molecule has 0 aliphatic carbocycles. The number of likely N-dealkylation sites (tertiary alicyclic amines) is 1. The van der Waals surface area contributed by atoms with E-state index in [1.165, 1.54) is 0 Å². The van der Waals surface area contributed by atoms with E-state index in [0.717, 1.165) is 49.7 Å². The average molecular weight is 451 g/mol. The summed E-state index contributed by atoms with van der Waals surface area (Å²) in [5.41, 5.74) is 0. The SMILES string of the molecule is O=C(COc1ccc(Cl)cc1)NCC1CCN(CCCOc2ccc(Cl)cc2)CC1. The van der Waals surface area contributed by atoms with Crippen LogP contribution in [0.2, 0.25) is 10.0 Å². The van der Waals surface area contributed by atoms with Crippen molar-refractivity contribution in [3.8, 4) is 11.5 Å². The molecule has 3 rings (SSSR count). The fourth-order valence-electron chi connectivity index (χ4n) is 3.41. The van der Waals surface area contributed by atoms with Crippen LogP contribution in [0.5, 0.6) is 11.5 Å². The molecule has 1 amide bonds. The number of amides is 1. The Morgan fingerprint density at radius 2 is 1.50 bits per heavy atom. The van der Waals surface area contributed by atoms with Gasteiger partial charge in [0.1, 0.15) is 11.5 Å². The van der Waals surface area contributed by atoms with Gasteiger partial charge in [-0.15, -0.1) is 0 Å². The van der Waals surface area contributed by atoms with Gasteiger partial charge in [-0.3, -0.25) is 4.79 Å². The van der Waals surface area contributed by atoms with Gasteiger partial charge < -0.3 is 19.7 Å². The van der Waals surface area contributed by atoms with E-state index in [1.54, 1.807) is 24.3 Å². The zero-order valence-corrected chi connectivity index (χ0v) is 18.5. The van der Waals surface area contributed by atoms with Gasteiger partial charge in [-0.1, -0.05) is 23.2 Å². The Labute approximate surface area is 188 Å². The van der Waals surface area contributed by atoms with Crippen LogP contribution in [0.4, 0.5) is 0 Å². The molecule has 5 nitrogen and oxygen atoms in total. The maximum atomic E-state index is 12.0. The number of rotatable bonds is 10. The molecule has 0 saturated carbocycles. The lowest BCUT2D eigenvalue weighted by Crippen LogP contribution is -2.40. The average Bonchev–Trinajstić information content (AvgIpc) is 2.77.